The second-order valence-corrected chi connectivity index (χ2v) is 5.20. The number of carbonyl (C=O) groups excluding carboxylic acids is 3. The van der Waals surface area contributed by atoms with Crippen LogP contribution in [-0.2, 0) is 9.59 Å². The summed E-state index contributed by atoms with van der Waals surface area (Å²) in [5, 5.41) is 13.5. The molecule has 7 nitrogen and oxygen atoms in total. The van der Waals surface area contributed by atoms with Crippen LogP contribution >= 0.6 is 11.6 Å². The Bertz CT molecular complexity index is 658. The number of rotatable bonds is 3. The molecule has 1 saturated heterocycles. The minimum atomic E-state index is -1.55. The number of ketones is 2. The maximum Gasteiger partial charge on any atom is 0.281 e. The lowest BCUT2D eigenvalue weighted by Crippen LogP contribution is -2.50. The number of nitrogens with one attached hydrogen (secondary N) is 1. The fourth-order valence-corrected chi connectivity index (χ4v) is 2.30. The summed E-state index contributed by atoms with van der Waals surface area (Å²) in [6, 6.07) is 3.47. The molecular formula is C13H11ClN2O5. The first kappa shape index (κ1) is 15.1. The van der Waals surface area contributed by atoms with E-state index in [-0.39, 0.29) is 17.1 Å². The van der Waals surface area contributed by atoms with Crippen molar-refractivity contribution < 1.29 is 19.3 Å². The molecule has 2 atom stereocenters. The van der Waals surface area contributed by atoms with Crippen molar-refractivity contribution in [3.8, 4) is 0 Å². The summed E-state index contributed by atoms with van der Waals surface area (Å²) in [6.45, 7) is 1.74. The molecule has 0 aromatic heterocycles. The molecule has 0 aliphatic carbocycles. The zero-order chi connectivity index (χ0) is 15.7. The first-order valence-electron chi connectivity index (χ1n) is 6.12. The number of hydrogen-bond donors (Lipinski definition) is 1. The molecule has 1 aliphatic rings. The molecule has 1 aromatic carbocycles. The molecule has 0 radical (unpaired) electrons. The molecule has 1 aromatic rings. The normalized spacial score (nSPS) is 21.8. The van der Waals surface area contributed by atoms with Crippen LogP contribution in [0.4, 0.5) is 5.69 Å². The van der Waals surface area contributed by atoms with Gasteiger partial charge in [0, 0.05) is 23.6 Å². The van der Waals surface area contributed by atoms with E-state index in [4.69, 9.17) is 11.6 Å². The van der Waals surface area contributed by atoms with E-state index in [9.17, 15) is 24.5 Å². The van der Waals surface area contributed by atoms with Crippen LogP contribution in [-0.4, -0.2) is 28.9 Å². The summed E-state index contributed by atoms with van der Waals surface area (Å²) < 4.78 is 0. The Balaban J connectivity index is 2.46. The lowest BCUT2D eigenvalue weighted by Gasteiger charge is -2.24. The molecule has 0 saturated carbocycles. The highest BCUT2D eigenvalue weighted by atomic mass is 35.5. The van der Waals surface area contributed by atoms with Gasteiger partial charge in [-0.05, 0) is 12.1 Å². The van der Waals surface area contributed by atoms with Crippen molar-refractivity contribution in [1.29, 1.82) is 0 Å². The van der Waals surface area contributed by atoms with Crippen LogP contribution in [0.2, 0.25) is 5.02 Å². The smallest absolute Gasteiger partial charge is 0.281 e. The largest absolute Gasteiger partial charge is 0.354 e. The third-order valence-corrected chi connectivity index (χ3v) is 3.53. The monoisotopic (exact) mass is 310 g/mol. The minimum absolute atomic E-state index is 0.0889. The average molecular weight is 311 g/mol. The van der Waals surface area contributed by atoms with Crippen LogP contribution in [0.1, 0.15) is 17.3 Å². The molecule has 2 unspecified atom stereocenters. The van der Waals surface area contributed by atoms with Crippen molar-refractivity contribution in [3.63, 3.8) is 0 Å². The standard InChI is InChI=1S/C13H11ClN2O5/c1-6-5-15-13(19)10(11(6)17)12(18)8-3-2-7(14)4-9(8)16(20)21/h2-4,6,10H,5H2,1H3,(H,15,19). The molecule has 1 N–H and O–H groups in total. The van der Waals surface area contributed by atoms with Gasteiger partial charge in [0.25, 0.3) is 5.69 Å². The fourth-order valence-electron chi connectivity index (χ4n) is 2.14. The SMILES string of the molecule is CC1CNC(=O)C(C(=O)c2ccc(Cl)cc2[N+](=O)[O-])C1=O. The quantitative estimate of drug-likeness (QED) is 0.393. The molecule has 8 heteroatoms. The maximum atomic E-state index is 12.4. The minimum Gasteiger partial charge on any atom is -0.354 e. The summed E-state index contributed by atoms with van der Waals surface area (Å²) >= 11 is 5.67. The number of benzene rings is 1. The number of nitrogens with zero attached hydrogens (tertiary/aromatic N) is 1. The van der Waals surface area contributed by atoms with E-state index in [1.165, 1.54) is 6.07 Å². The number of hydrogen-bond acceptors (Lipinski definition) is 5. The van der Waals surface area contributed by atoms with Crippen LogP contribution in [0.25, 0.3) is 0 Å². The molecule has 1 fully saturated rings. The van der Waals surface area contributed by atoms with Crippen molar-refractivity contribution in [2.24, 2.45) is 11.8 Å². The predicted octanol–water partition coefficient (Wildman–Crippen LogP) is 1.38. The summed E-state index contributed by atoms with van der Waals surface area (Å²) in [7, 11) is 0. The van der Waals surface area contributed by atoms with E-state index in [1.54, 1.807) is 6.92 Å². The highest BCUT2D eigenvalue weighted by molar-refractivity contribution is 6.31. The Morgan fingerprint density at radius 3 is 2.71 bits per heavy atom. The van der Waals surface area contributed by atoms with E-state index < -0.39 is 39.9 Å². The van der Waals surface area contributed by atoms with Crippen molar-refractivity contribution in [2.75, 3.05) is 6.54 Å². The zero-order valence-electron chi connectivity index (χ0n) is 11.0. The number of nitro groups is 1. The van der Waals surface area contributed by atoms with Gasteiger partial charge in [-0.3, -0.25) is 24.5 Å². The number of amides is 1. The van der Waals surface area contributed by atoms with Gasteiger partial charge in [-0.2, -0.15) is 0 Å². The average Bonchev–Trinajstić information content (AvgIpc) is 2.43. The molecule has 1 aliphatic heterocycles. The van der Waals surface area contributed by atoms with Gasteiger partial charge in [0.2, 0.25) is 5.91 Å². The predicted molar refractivity (Wildman–Crippen MR) is 73.1 cm³/mol. The van der Waals surface area contributed by atoms with Crippen LogP contribution in [0.5, 0.6) is 0 Å². The zero-order valence-corrected chi connectivity index (χ0v) is 11.7. The van der Waals surface area contributed by atoms with Gasteiger partial charge in [-0.15, -0.1) is 0 Å². The molecule has 1 amide bonds. The first-order chi connectivity index (χ1) is 9.82. The Kier molecular flexibility index (Phi) is 4.04. The Hall–Kier alpha value is -2.28. The van der Waals surface area contributed by atoms with E-state index in [0.717, 1.165) is 12.1 Å². The van der Waals surface area contributed by atoms with E-state index in [0.29, 0.717) is 0 Å². The van der Waals surface area contributed by atoms with Crippen LogP contribution < -0.4 is 5.32 Å². The third kappa shape index (κ3) is 2.78. The van der Waals surface area contributed by atoms with Gasteiger partial charge in [0.15, 0.2) is 17.5 Å². The fraction of sp³-hybridized carbons (Fsp3) is 0.308. The Morgan fingerprint density at radius 1 is 1.43 bits per heavy atom. The number of halogens is 1. The van der Waals surface area contributed by atoms with E-state index >= 15 is 0 Å². The number of Topliss-reactive ketones (excluding diaryl/α,β-unsaturated/α-hetero) is 2. The number of piperidine rings is 1. The molecular weight excluding hydrogens is 300 g/mol. The van der Waals surface area contributed by atoms with Crippen LogP contribution in [0.3, 0.4) is 0 Å². The first-order valence-corrected chi connectivity index (χ1v) is 6.50. The summed E-state index contributed by atoms with van der Waals surface area (Å²) in [6.07, 6.45) is 0. The molecule has 21 heavy (non-hydrogen) atoms. The molecule has 0 spiro atoms. The van der Waals surface area contributed by atoms with E-state index in [2.05, 4.69) is 5.32 Å². The van der Waals surface area contributed by atoms with Gasteiger partial charge < -0.3 is 5.32 Å². The molecule has 1 heterocycles. The highest BCUT2D eigenvalue weighted by Gasteiger charge is 2.42. The second-order valence-electron chi connectivity index (χ2n) is 4.76. The summed E-state index contributed by atoms with van der Waals surface area (Å²) in [5.41, 5.74) is -0.821. The van der Waals surface area contributed by atoms with Crippen molar-refractivity contribution in [2.45, 2.75) is 6.92 Å². The van der Waals surface area contributed by atoms with Gasteiger partial charge in [0.05, 0.1) is 10.5 Å². The maximum absolute atomic E-state index is 12.4. The highest BCUT2D eigenvalue weighted by Crippen LogP contribution is 2.27. The van der Waals surface area contributed by atoms with Crippen molar-refractivity contribution in [1.82, 2.24) is 5.32 Å². The van der Waals surface area contributed by atoms with Crippen molar-refractivity contribution >= 4 is 34.8 Å². The van der Waals surface area contributed by atoms with Crippen LogP contribution in [0.15, 0.2) is 18.2 Å². The third-order valence-electron chi connectivity index (χ3n) is 3.30. The van der Waals surface area contributed by atoms with Gasteiger partial charge in [-0.25, -0.2) is 0 Å². The summed E-state index contributed by atoms with van der Waals surface area (Å²) in [5.74, 6) is -4.20. The van der Waals surface area contributed by atoms with Crippen LogP contribution in [0, 0.1) is 22.0 Å². The van der Waals surface area contributed by atoms with Crippen molar-refractivity contribution in [3.05, 3.63) is 38.9 Å². The van der Waals surface area contributed by atoms with Gasteiger partial charge in [0.1, 0.15) is 0 Å². The Morgan fingerprint density at radius 2 is 2.10 bits per heavy atom. The molecule has 110 valence electrons. The lowest BCUT2D eigenvalue weighted by atomic mass is 9.84. The molecule has 0 bridgehead atoms. The number of carbonyl (C=O) groups is 3. The lowest BCUT2D eigenvalue weighted by molar-refractivity contribution is -0.385. The Labute approximate surface area is 124 Å². The second kappa shape index (κ2) is 5.61. The van der Waals surface area contributed by atoms with E-state index in [1.807, 2.05) is 0 Å². The van der Waals surface area contributed by atoms with Gasteiger partial charge in [-0.1, -0.05) is 18.5 Å². The number of nitro benzene ring substituents is 1. The summed E-state index contributed by atoms with van der Waals surface area (Å²) in [4.78, 5) is 46.4. The topological polar surface area (TPSA) is 106 Å². The van der Waals surface area contributed by atoms with Gasteiger partial charge >= 0.3 is 0 Å². The molecule has 2 rings (SSSR count).